The Morgan fingerprint density at radius 2 is 1.93 bits per heavy atom. The molecule has 1 saturated carbocycles. The number of benzene rings is 1. The van der Waals surface area contributed by atoms with E-state index in [0.29, 0.717) is 23.0 Å². The van der Waals surface area contributed by atoms with Gasteiger partial charge in [-0.2, -0.15) is 5.10 Å². The molecule has 0 unspecified atom stereocenters. The maximum absolute atomic E-state index is 12.7. The van der Waals surface area contributed by atoms with Gasteiger partial charge in [0.05, 0.1) is 23.4 Å². The fourth-order valence-corrected chi connectivity index (χ4v) is 3.77. The average Bonchev–Trinajstić information content (AvgIpc) is 3.39. The van der Waals surface area contributed by atoms with Crippen molar-refractivity contribution >= 4 is 23.5 Å². The van der Waals surface area contributed by atoms with Crippen molar-refractivity contribution in [2.45, 2.75) is 31.7 Å². The minimum Gasteiger partial charge on any atom is -0.307 e. The standard InChI is InChI=1S/C20H20N4O3/c1-2-11-23-19(26)15-8-7-13(12-16(15)20(23)27)18(25)22-17-9-10-21-24(17)14-5-3-4-6-14/h2,7-10,12,14H,1,3-6,11H2,(H,22,25). The Balaban J connectivity index is 1.57. The van der Waals surface area contributed by atoms with E-state index in [4.69, 9.17) is 0 Å². The summed E-state index contributed by atoms with van der Waals surface area (Å²) in [6.07, 6.45) is 7.61. The smallest absolute Gasteiger partial charge is 0.261 e. The van der Waals surface area contributed by atoms with Gasteiger partial charge in [0.1, 0.15) is 5.82 Å². The zero-order valence-corrected chi connectivity index (χ0v) is 14.9. The van der Waals surface area contributed by atoms with Crippen molar-refractivity contribution in [1.82, 2.24) is 14.7 Å². The number of carbonyl (C=O) groups excluding carboxylic acids is 3. The van der Waals surface area contributed by atoms with Crippen molar-refractivity contribution in [1.29, 1.82) is 0 Å². The summed E-state index contributed by atoms with van der Waals surface area (Å²) in [6.45, 7) is 3.71. The van der Waals surface area contributed by atoms with Crippen LogP contribution in [0.15, 0.2) is 43.1 Å². The summed E-state index contributed by atoms with van der Waals surface area (Å²) >= 11 is 0. The van der Waals surface area contributed by atoms with Gasteiger partial charge in [-0.25, -0.2) is 4.68 Å². The first-order valence-electron chi connectivity index (χ1n) is 9.06. The van der Waals surface area contributed by atoms with Crippen LogP contribution in [0.3, 0.4) is 0 Å². The predicted molar refractivity (Wildman–Crippen MR) is 99.7 cm³/mol. The molecular formula is C20H20N4O3. The lowest BCUT2D eigenvalue weighted by molar-refractivity contribution is 0.0672. The van der Waals surface area contributed by atoms with Gasteiger partial charge in [-0.05, 0) is 31.0 Å². The molecule has 2 aromatic rings. The van der Waals surface area contributed by atoms with Gasteiger partial charge < -0.3 is 5.32 Å². The van der Waals surface area contributed by atoms with E-state index >= 15 is 0 Å². The lowest BCUT2D eigenvalue weighted by atomic mass is 10.1. The molecule has 0 atom stereocenters. The lowest BCUT2D eigenvalue weighted by Gasteiger charge is -2.14. The number of nitrogens with zero attached hydrogens (tertiary/aromatic N) is 3. The monoisotopic (exact) mass is 364 g/mol. The first-order chi connectivity index (χ1) is 13.1. The molecule has 0 spiro atoms. The molecule has 1 fully saturated rings. The van der Waals surface area contributed by atoms with E-state index in [1.807, 2.05) is 4.68 Å². The Morgan fingerprint density at radius 3 is 2.67 bits per heavy atom. The van der Waals surface area contributed by atoms with Gasteiger partial charge in [-0.1, -0.05) is 18.9 Å². The van der Waals surface area contributed by atoms with Crippen LogP contribution in [0.4, 0.5) is 5.82 Å². The highest BCUT2D eigenvalue weighted by atomic mass is 16.2. The molecule has 0 bridgehead atoms. The average molecular weight is 364 g/mol. The van der Waals surface area contributed by atoms with Gasteiger partial charge >= 0.3 is 0 Å². The fourth-order valence-electron chi connectivity index (χ4n) is 3.77. The van der Waals surface area contributed by atoms with E-state index < -0.39 is 5.91 Å². The van der Waals surface area contributed by atoms with Crippen LogP contribution in [0.5, 0.6) is 0 Å². The van der Waals surface area contributed by atoms with E-state index in [2.05, 4.69) is 17.0 Å². The highest BCUT2D eigenvalue weighted by Crippen LogP contribution is 2.31. The summed E-state index contributed by atoms with van der Waals surface area (Å²) in [4.78, 5) is 38.5. The molecule has 1 aromatic heterocycles. The van der Waals surface area contributed by atoms with Crippen molar-refractivity contribution < 1.29 is 14.4 Å². The van der Waals surface area contributed by atoms with Gasteiger partial charge in [0, 0.05) is 18.2 Å². The molecule has 138 valence electrons. The molecule has 1 aliphatic heterocycles. The number of carbonyl (C=O) groups is 3. The largest absolute Gasteiger partial charge is 0.307 e. The maximum Gasteiger partial charge on any atom is 0.261 e. The van der Waals surface area contributed by atoms with E-state index in [-0.39, 0.29) is 23.9 Å². The third-order valence-electron chi connectivity index (χ3n) is 5.13. The molecular weight excluding hydrogens is 344 g/mol. The second-order valence-corrected chi connectivity index (χ2v) is 6.82. The normalized spacial score (nSPS) is 16.7. The Morgan fingerprint density at radius 1 is 1.19 bits per heavy atom. The summed E-state index contributed by atoms with van der Waals surface area (Å²) in [5.74, 6) is -0.454. The van der Waals surface area contributed by atoms with Crippen molar-refractivity contribution in [3.8, 4) is 0 Å². The fraction of sp³-hybridized carbons (Fsp3) is 0.300. The second kappa shape index (κ2) is 6.83. The lowest BCUT2D eigenvalue weighted by Crippen LogP contribution is -2.29. The minimum atomic E-state index is -0.402. The first-order valence-corrected chi connectivity index (χ1v) is 9.06. The molecule has 7 nitrogen and oxygen atoms in total. The molecule has 3 amide bonds. The van der Waals surface area contributed by atoms with Gasteiger partial charge in [0.25, 0.3) is 17.7 Å². The minimum absolute atomic E-state index is 0.147. The van der Waals surface area contributed by atoms with Crippen LogP contribution in [0.25, 0.3) is 0 Å². The number of anilines is 1. The van der Waals surface area contributed by atoms with E-state index in [1.54, 1.807) is 18.3 Å². The number of rotatable bonds is 5. The number of hydrogen-bond acceptors (Lipinski definition) is 4. The Labute approximate surface area is 156 Å². The van der Waals surface area contributed by atoms with Crippen LogP contribution < -0.4 is 5.32 Å². The number of amides is 3. The number of hydrogen-bond donors (Lipinski definition) is 1. The molecule has 1 aromatic carbocycles. The molecule has 2 heterocycles. The second-order valence-electron chi connectivity index (χ2n) is 6.82. The van der Waals surface area contributed by atoms with Crippen LogP contribution in [0.2, 0.25) is 0 Å². The third kappa shape index (κ3) is 2.95. The molecule has 0 radical (unpaired) electrons. The summed E-state index contributed by atoms with van der Waals surface area (Å²) in [5.41, 5.74) is 0.891. The molecule has 2 aliphatic rings. The molecule has 7 heteroatoms. The topological polar surface area (TPSA) is 84.3 Å². The molecule has 27 heavy (non-hydrogen) atoms. The van der Waals surface area contributed by atoms with Gasteiger partial charge in [0.15, 0.2) is 0 Å². The molecule has 0 saturated heterocycles. The van der Waals surface area contributed by atoms with Crippen LogP contribution >= 0.6 is 0 Å². The maximum atomic E-state index is 12.7. The summed E-state index contributed by atoms with van der Waals surface area (Å²) in [7, 11) is 0. The van der Waals surface area contributed by atoms with Crippen molar-refractivity contribution in [2.75, 3.05) is 11.9 Å². The first kappa shape index (κ1) is 17.2. The molecule has 1 N–H and O–H groups in total. The summed E-state index contributed by atoms with van der Waals surface area (Å²) in [6, 6.07) is 6.64. The number of aromatic nitrogens is 2. The van der Waals surface area contributed by atoms with Crippen molar-refractivity contribution in [3.05, 3.63) is 59.8 Å². The number of fused-ring (bicyclic) bond motifs is 1. The van der Waals surface area contributed by atoms with Crippen LogP contribution in [-0.4, -0.2) is 38.9 Å². The third-order valence-corrected chi connectivity index (χ3v) is 5.13. The van der Waals surface area contributed by atoms with Gasteiger partial charge in [-0.15, -0.1) is 6.58 Å². The predicted octanol–water partition coefficient (Wildman–Crippen LogP) is 3.03. The van der Waals surface area contributed by atoms with Crippen LogP contribution in [-0.2, 0) is 0 Å². The SMILES string of the molecule is C=CCN1C(=O)c2ccc(C(=O)Nc3ccnn3C3CCCC3)cc2C1=O. The van der Waals surface area contributed by atoms with Gasteiger partial charge in [0.2, 0.25) is 0 Å². The number of imide groups is 1. The quantitative estimate of drug-likeness (QED) is 0.653. The number of nitrogens with one attached hydrogen (secondary N) is 1. The van der Waals surface area contributed by atoms with Gasteiger partial charge in [-0.3, -0.25) is 19.3 Å². The van der Waals surface area contributed by atoms with Crippen LogP contribution in [0, 0.1) is 0 Å². The van der Waals surface area contributed by atoms with Crippen LogP contribution in [0.1, 0.15) is 62.8 Å². The highest BCUT2D eigenvalue weighted by molar-refractivity contribution is 6.22. The Kier molecular flexibility index (Phi) is 4.35. The Hall–Kier alpha value is -3.22. The zero-order chi connectivity index (χ0) is 19.0. The Bertz CT molecular complexity index is 940. The van der Waals surface area contributed by atoms with E-state index in [0.717, 1.165) is 17.7 Å². The van der Waals surface area contributed by atoms with E-state index in [1.165, 1.54) is 31.1 Å². The van der Waals surface area contributed by atoms with Crippen molar-refractivity contribution in [2.24, 2.45) is 0 Å². The van der Waals surface area contributed by atoms with E-state index in [9.17, 15) is 14.4 Å². The highest BCUT2D eigenvalue weighted by Gasteiger charge is 2.35. The summed E-state index contributed by atoms with van der Waals surface area (Å²) < 4.78 is 1.86. The zero-order valence-electron chi connectivity index (χ0n) is 14.9. The summed E-state index contributed by atoms with van der Waals surface area (Å²) in [5, 5.41) is 7.22. The van der Waals surface area contributed by atoms with Crippen molar-refractivity contribution in [3.63, 3.8) is 0 Å². The molecule has 4 rings (SSSR count). The molecule has 1 aliphatic carbocycles.